The smallest absolute Gasteiger partial charge is 0.197 e. The van der Waals surface area contributed by atoms with Crippen molar-refractivity contribution in [2.45, 2.75) is 6.42 Å². The zero-order chi connectivity index (χ0) is 13.2. The zero-order valence-corrected chi connectivity index (χ0v) is 10.3. The number of aliphatic imine (C=N–C) groups is 1. The van der Waals surface area contributed by atoms with E-state index in [1.54, 1.807) is 12.3 Å². The van der Waals surface area contributed by atoms with E-state index in [9.17, 15) is 0 Å². The molecule has 0 unspecified atom stereocenters. The van der Waals surface area contributed by atoms with Crippen LogP contribution in [-0.4, -0.2) is 17.4 Å². The normalized spacial score (nSPS) is 14.0. The number of nitrogens with two attached hydrogens (primary N) is 2. The summed E-state index contributed by atoms with van der Waals surface area (Å²) in [6.07, 6.45) is 2.60. The monoisotopic (exact) mass is 254 g/mol. The van der Waals surface area contributed by atoms with Crippen LogP contribution in [0.2, 0.25) is 0 Å². The van der Waals surface area contributed by atoms with Crippen LogP contribution in [0.15, 0.2) is 41.5 Å². The van der Waals surface area contributed by atoms with Crippen molar-refractivity contribution in [1.82, 2.24) is 4.98 Å². The largest absolute Gasteiger partial charge is 0.489 e. The summed E-state index contributed by atoms with van der Waals surface area (Å²) in [5, 5.41) is 0. The van der Waals surface area contributed by atoms with E-state index in [4.69, 9.17) is 16.2 Å². The second-order valence-corrected chi connectivity index (χ2v) is 4.31. The Labute approximate surface area is 110 Å². The zero-order valence-electron chi connectivity index (χ0n) is 10.3. The van der Waals surface area contributed by atoms with Crippen molar-refractivity contribution in [3.05, 3.63) is 47.7 Å². The summed E-state index contributed by atoms with van der Waals surface area (Å²) in [6.45, 7) is 0.664. The number of aromatic nitrogens is 1. The van der Waals surface area contributed by atoms with Crippen molar-refractivity contribution in [1.29, 1.82) is 0 Å². The highest BCUT2D eigenvalue weighted by molar-refractivity contribution is 6.03. The van der Waals surface area contributed by atoms with E-state index >= 15 is 0 Å². The molecular weight excluding hydrogens is 240 g/mol. The molecule has 0 radical (unpaired) electrons. The van der Waals surface area contributed by atoms with Crippen molar-refractivity contribution in [3.8, 4) is 5.75 Å². The van der Waals surface area contributed by atoms with Crippen LogP contribution < -0.4 is 16.2 Å². The molecule has 19 heavy (non-hydrogen) atoms. The summed E-state index contributed by atoms with van der Waals surface area (Å²) >= 11 is 0. The third-order valence-corrected chi connectivity index (χ3v) is 3.05. The van der Waals surface area contributed by atoms with Crippen LogP contribution in [0.1, 0.15) is 11.1 Å². The molecule has 0 saturated heterocycles. The van der Waals surface area contributed by atoms with Crippen molar-refractivity contribution < 1.29 is 4.74 Å². The maximum atomic E-state index is 6.00. The number of nitrogen functional groups attached to an aromatic ring is 1. The molecule has 2 aromatic rings. The number of hydrogen-bond acceptors (Lipinski definition) is 4. The maximum absolute atomic E-state index is 6.00. The number of fused-ring (bicyclic) bond motifs is 1. The van der Waals surface area contributed by atoms with E-state index in [0.29, 0.717) is 29.5 Å². The van der Waals surface area contributed by atoms with E-state index in [1.807, 2.05) is 24.3 Å². The van der Waals surface area contributed by atoms with Crippen molar-refractivity contribution in [2.24, 2.45) is 10.7 Å². The molecule has 5 nitrogen and oxygen atoms in total. The highest BCUT2D eigenvalue weighted by atomic mass is 16.5. The molecule has 0 fully saturated rings. The fraction of sp³-hybridized carbons (Fsp3) is 0.143. The molecule has 1 aromatic carbocycles. The van der Waals surface area contributed by atoms with Gasteiger partial charge in [-0.15, -0.1) is 0 Å². The summed E-state index contributed by atoms with van der Waals surface area (Å²) in [6, 6.07) is 9.28. The van der Waals surface area contributed by atoms with Crippen molar-refractivity contribution in [3.63, 3.8) is 0 Å². The number of hydrogen-bond donors (Lipinski definition) is 2. The number of ether oxygens (including phenoxy) is 1. The predicted molar refractivity (Wildman–Crippen MR) is 74.7 cm³/mol. The summed E-state index contributed by atoms with van der Waals surface area (Å²) in [7, 11) is 0. The number of anilines is 1. The summed E-state index contributed by atoms with van der Waals surface area (Å²) in [5.41, 5.74) is 14.3. The number of amidine groups is 1. The average Bonchev–Trinajstić information content (AvgIpc) is 2.88. The predicted octanol–water partition coefficient (Wildman–Crippen LogP) is 1.64. The lowest BCUT2D eigenvalue weighted by atomic mass is 10.1. The number of nitrogens with zero attached hydrogens (tertiary/aromatic N) is 2. The minimum absolute atomic E-state index is 0.342. The van der Waals surface area contributed by atoms with E-state index in [-0.39, 0.29) is 0 Å². The Morgan fingerprint density at radius 2 is 2.11 bits per heavy atom. The third-order valence-electron chi connectivity index (χ3n) is 3.05. The molecule has 2 heterocycles. The molecule has 5 heteroatoms. The van der Waals surface area contributed by atoms with Gasteiger partial charge in [-0.05, 0) is 18.2 Å². The molecule has 0 spiro atoms. The second-order valence-electron chi connectivity index (χ2n) is 4.31. The minimum Gasteiger partial charge on any atom is -0.489 e. The first-order valence-corrected chi connectivity index (χ1v) is 6.05. The van der Waals surface area contributed by atoms with Crippen LogP contribution >= 0.6 is 0 Å². The molecule has 96 valence electrons. The van der Waals surface area contributed by atoms with Gasteiger partial charge < -0.3 is 16.2 Å². The molecular formula is C14H14N4O. The van der Waals surface area contributed by atoms with Gasteiger partial charge in [-0.2, -0.15) is 0 Å². The molecule has 1 aliphatic rings. The first-order chi connectivity index (χ1) is 9.25. The molecule has 0 amide bonds. The number of pyridine rings is 1. The van der Waals surface area contributed by atoms with E-state index in [0.717, 1.165) is 17.7 Å². The highest BCUT2D eigenvalue weighted by Crippen LogP contribution is 2.33. The third kappa shape index (κ3) is 2.10. The Morgan fingerprint density at radius 3 is 2.95 bits per heavy atom. The molecule has 3 rings (SSSR count). The average molecular weight is 254 g/mol. The van der Waals surface area contributed by atoms with Crippen LogP contribution in [-0.2, 0) is 6.42 Å². The van der Waals surface area contributed by atoms with Gasteiger partial charge in [0.2, 0.25) is 0 Å². The lowest BCUT2D eigenvalue weighted by molar-refractivity contribution is 0.357. The van der Waals surface area contributed by atoms with E-state index in [1.165, 1.54) is 0 Å². The van der Waals surface area contributed by atoms with E-state index < -0.39 is 0 Å². The van der Waals surface area contributed by atoms with Gasteiger partial charge in [-0.1, -0.05) is 12.1 Å². The van der Waals surface area contributed by atoms with Crippen LogP contribution in [0.4, 0.5) is 11.5 Å². The van der Waals surface area contributed by atoms with Gasteiger partial charge in [0, 0.05) is 29.4 Å². The van der Waals surface area contributed by atoms with Crippen molar-refractivity contribution in [2.75, 3.05) is 12.3 Å². The van der Waals surface area contributed by atoms with Crippen LogP contribution in [0.3, 0.4) is 0 Å². The first kappa shape index (κ1) is 11.5. The lowest BCUT2D eigenvalue weighted by Gasteiger charge is -2.06. The summed E-state index contributed by atoms with van der Waals surface area (Å²) < 4.78 is 5.54. The van der Waals surface area contributed by atoms with E-state index in [2.05, 4.69) is 9.98 Å². The number of para-hydroxylation sites is 1. The molecule has 0 bridgehead atoms. The van der Waals surface area contributed by atoms with Crippen LogP contribution in [0, 0.1) is 0 Å². The van der Waals surface area contributed by atoms with Gasteiger partial charge in [-0.3, -0.25) is 0 Å². The number of benzene rings is 1. The molecule has 1 aromatic heterocycles. The fourth-order valence-electron chi connectivity index (χ4n) is 2.08. The Hall–Kier alpha value is -2.56. The molecule has 0 aliphatic carbocycles. The van der Waals surface area contributed by atoms with Gasteiger partial charge in [-0.25, -0.2) is 9.98 Å². The van der Waals surface area contributed by atoms with Gasteiger partial charge >= 0.3 is 0 Å². The topological polar surface area (TPSA) is 86.5 Å². The van der Waals surface area contributed by atoms with Crippen LogP contribution in [0.25, 0.3) is 0 Å². The second kappa shape index (κ2) is 4.61. The summed E-state index contributed by atoms with van der Waals surface area (Å²) in [5.74, 6) is 1.57. The first-order valence-electron chi connectivity index (χ1n) is 6.05. The van der Waals surface area contributed by atoms with Crippen molar-refractivity contribution >= 4 is 17.3 Å². The number of rotatable bonds is 2. The Morgan fingerprint density at radius 1 is 1.26 bits per heavy atom. The van der Waals surface area contributed by atoms with Gasteiger partial charge in [0.25, 0.3) is 0 Å². The molecule has 4 N–H and O–H groups in total. The van der Waals surface area contributed by atoms with Gasteiger partial charge in [0.1, 0.15) is 5.84 Å². The minimum atomic E-state index is 0.342. The van der Waals surface area contributed by atoms with Crippen LogP contribution in [0.5, 0.6) is 5.75 Å². The quantitative estimate of drug-likeness (QED) is 0.484. The Balaban J connectivity index is 2.03. The highest BCUT2D eigenvalue weighted by Gasteiger charge is 2.17. The molecule has 0 saturated carbocycles. The summed E-state index contributed by atoms with van der Waals surface area (Å²) in [4.78, 5) is 8.55. The van der Waals surface area contributed by atoms with Gasteiger partial charge in [0.05, 0.1) is 6.61 Å². The molecule has 1 aliphatic heterocycles. The Bertz CT molecular complexity index is 652. The maximum Gasteiger partial charge on any atom is 0.197 e. The SMILES string of the molecule is NC(=Nc1nccc2c1OCC2)c1ccccc1N. The standard InChI is InChI=1S/C14H14N4O/c15-11-4-2-1-3-10(11)13(16)18-14-12-9(5-7-17-14)6-8-19-12/h1-5,7H,6,8,15H2,(H2,16,17,18). The van der Waals surface area contributed by atoms with Gasteiger partial charge in [0.15, 0.2) is 11.6 Å². The molecule has 0 atom stereocenters. The fourth-order valence-corrected chi connectivity index (χ4v) is 2.08. The Kier molecular flexibility index (Phi) is 2.79. The lowest BCUT2D eigenvalue weighted by Crippen LogP contribution is -2.15.